The maximum atomic E-state index is 9.92. The summed E-state index contributed by atoms with van der Waals surface area (Å²) in [5.74, 6) is 2.94. The van der Waals surface area contributed by atoms with Gasteiger partial charge in [-0.2, -0.15) is 0 Å². The van der Waals surface area contributed by atoms with Crippen molar-refractivity contribution in [1.29, 1.82) is 0 Å². The maximum absolute atomic E-state index is 9.92. The summed E-state index contributed by atoms with van der Waals surface area (Å²) in [4.78, 5) is 2.43. The van der Waals surface area contributed by atoms with E-state index in [2.05, 4.69) is 31.0 Å². The lowest BCUT2D eigenvalue weighted by Gasteiger charge is -2.52. The highest BCUT2D eigenvalue weighted by Gasteiger charge is 2.55. The van der Waals surface area contributed by atoms with E-state index >= 15 is 0 Å². The van der Waals surface area contributed by atoms with Crippen LogP contribution in [0.1, 0.15) is 56.1 Å². The fourth-order valence-electron chi connectivity index (χ4n) is 7.07. The molecule has 2 N–H and O–H groups in total. The summed E-state index contributed by atoms with van der Waals surface area (Å²) in [5.41, 5.74) is 4.33. The minimum atomic E-state index is 0.329. The number of aromatic hydroxyl groups is 2. The Kier molecular flexibility index (Phi) is 4.12. The van der Waals surface area contributed by atoms with Crippen LogP contribution in [0, 0.1) is 17.3 Å². The van der Waals surface area contributed by atoms with Crippen molar-refractivity contribution in [3.63, 3.8) is 0 Å². The summed E-state index contributed by atoms with van der Waals surface area (Å²) in [6.45, 7) is 2.52. The molecule has 28 heavy (non-hydrogen) atoms. The standard InChI is InChI=1S/C25H31NO2/c1-25-13-12-21-20-9-7-19(28)14-16(20)6-8-22(21)23(25)10-11-24(25)26(2)17-4-3-5-18(27)15-17/h3-5,7,9,14-15,21-24,27-28H,6,8,10-13H2,1-2H3/t21-,22-,23+,24-,25+/m1/s1. The lowest BCUT2D eigenvalue weighted by molar-refractivity contribution is 0.0486. The van der Waals surface area contributed by atoms with Crippen LogP contribution in [0.3, 0.4) is 0 Å². The van der Waals surface area contributed by atoms with E-state index in [0.717, 1.165) is 23.9 Å². The van der Waals surface area contributed by atoms with Crippen molar-refractivity contribution in [1.82, 2.24) is 0 Å². The van der Waals surface area contributed by atoms with E-state index in [1.54, 1.807) is 6.07 Å². The highest BCUT2D eigenvalue weighted by atomic mass is 16.3. The van der Waals surface area contributed by atoms with Crippen LogP contribution in [0.15, 0.2) is 42.5 Å². The molecule has 0 spiro atoms. The van der Waals surface area contributed by atoms with Gasteiger partial charge in [0.1, 0.15) is 11.5 Å². The van der Waals surface area contributed by atoms with Gasteiger partial charge in [0.05, 0.1) is 0 Å². The van der Waals surface area contributed by atoms with Gasteiger partial charge >= 0.3 is 0 Å². The van der Waals surface area contributed by atoms with E-state index in [-0.39, 0.29) is 0 Å². The molecule has 3 nitrogen and oxygen atoms in total. The zero-order valence-electron chi connectivity index (χ0n) is 16.9. The molecule has 3 aliphatic carbocycles. The number of anilines is 1. The molecule has 0 heterocycles. The number of phenolic OH excluding ortho intramolecular Hbond substituents is 2. The Labute approximate surface area is 168 Å². The average molecular weight is 378 g/mol. The molecule has 0 bridgehead atoms. The number of hydrogen-bond acceptors (Lipinski definition) is 3. The van der Waals surface area contributed by atoms with Crippen molar-refractivity contribution in [2.75, 3.05) is 11.9 Å². The van der Waals surface area contributed by atoms with Gasteiger partial charge in [0.25, 0.3) is 0 Å². The summed E-state index contributed by atoms with van der Waals surface area (Å²) in [6.07, 6.45) is 7.40. The minimum Gasteiger partial charge on any atom is -0.508 e. The first-order valence-electron chi connectivity index (χ1n) is 10.8. The molecule has 148 valence electrons. The fourth-order valence-corrected chi connectivity index (χ4v) is 7.07. The highest BCUT2D eigenvalue weighted by Crippen LogP contribution is 2.62. The van der Waals surface area contributed by atoms with Crippen LogP contribution >= 0.6 is 0 Å². The Morgan fingerprint density at radius 3 is 2.61 bits per heavy atom. The second-order valence-corrected chi connectivity index (χ2v) is 9.57. The summed E-state index contributed by atoms with van der Waals surface area (Å²) in [6, 6.07) is 14.3. The molecule has 2 aromatic carbocycles. The van der Waals surface area contributed by atoms with Gasteiger partial charge in [-0.1, -0.05) is 19.1 Å². The highest BCUT2D eigenvalue weighted by molar-refractivity contribution is 5.51. The Morgan fingerprint density at radius 2 is 1.79 bits per heavy atom. The van der Waals surface area contributed by atoms with E-state index in [9.17, 15) is 10.2 Å². The summed E-state index contributed by atoms with van der Waals surface area (Å²) in [7, 11) is 2.21. The van der Waals surface area contributed by atoms with Gasteiger partial charge in [0.15, 0.2) is 0 Å². The molecule has 0 amide bonds. The van der Waals surface area contributed by atoms with Crippen LogP contribution in [-0.4, -0.2) is 23.3 Å². The van der Waals surface area contributed by atoms with E-state index < -0.39 is 0 Å². The van der Waals surface area contributed by atoms with Gasteiger partial charge in [-0.3, -0.25) is 0 Å². The van der Waals surface area contributed by atoms with Gasteiger partial charge in [-0.05, 0) is 97.1 Å². The monoisotopic (exact) mass is 377 g/mol. The van der Waals surface area contributed by atoms with E-state index in [0.29, 0.717) is 28.9 Å². The lowest BCUT2D eigenvalue weighted by atomic mass is 9.55. The zero-order valence-corrected chi connectivity index (χ0v) is 16.9. The van der Waals surface area contributed by atoms with E-state index in [1.807, 2.05) is 24.3 Å². The first kappa shape index (κ1) is 17.9. The van der Waals surface area contributed by atoms with Crippen LogP contribution in [0.2, 0.25) is 0 Å². The molecule has 5 rings (SSSR count). The van der Waals surface area contributed by atoms with Gasteiger partial charge in [-0.15, -0.1) is 0 Å². The predicted octanol–water partition coefficient (Wildman–Crippen LogP) is 5.46. The van der Waals surface area contributed by atoms with Crippen LogP contribution in [-0.2, 0) is 6.42 Å². The molecule has 0 radical (unpaired) electrons. The fraction of sp³-hybridized carbons (Fsp3) is 0.520. The van der Waals surface area contributed by atoms with Crippen LogP contribution in [0.5, 0.6) is 11.5 Å². The number of aryl methyl sites for hydroxylation is 1. The second-order valence-electron chi connectivity index (χ2n) is 9.57. The molecule has 2 aromatic rings. The molecular formula is C25H31NO2. The Morgan fingerprint density at radius 1 is 0.964 bits per heavy atom. The first-order valence-corrected chi connectivity index (χ1v) is 10.8. The van der Waals surface area contributed by atoms with E-state index in [1.165, 1.54) is 43.2 Å². The summed E-state index contributed by atoms with van der Waals surface area (Å²) in [5, 5.41) is 19.8. The van der Waals surface area contributed by atoms with E-state index in [4.69, 9.17) is 0 Å². The molecule has 0 saturated heterocycles. The van der Waals surface area contributed by atoms with Crippen LogP contribution < -0.4 is 4.90 Å². The third kappa shape index (κ3) is 2.62. The van der Waals surface area contributed by atoms with Crippen molar-refractivity contribution in [3.8, 4) is 11.5 Å². The number of hydrogen-bond donors (Lipinski definition) is 2. The smallest absolute Gasteiger partial charge is 0.117 e. The van der Waals surface area contributed by atoms with Crippen molar-refractivity contribution in [2.24, 2.45) is 17.3 Å². The average Bonchev–Trinajstić information content (AvgIpc) is 3.04. The van der Waals surface area contributed by atoms with Crippen molar-refractivity contribution in [3.05, 3.63) is 53.6 Å². The Hall–Kier alpha value is -2.16. The maximum Gasteiger partial charge on any atom is 0.117 e. The molecule has 5 atom stereocenters. The molecule has 2 saturated carbocycles. The minimum absolute atomic E-state index is 0.329. The van der Waals surface area contributed by atoms with Gasteiger partial charge in [-0.25, -0.2) is 0 Å². The SMILES string of the molecule is CN(c1cccc(O)c1)[C@@H]1CC[C@H]2[C@@H]3CCc4cc(O)ccc4[C@H]3CC[C@@]21C. The molecule has 3 aliphatic rings. The largest absolute Gasteiger partial charge is 0.508 e. The molecular weight excluding hydrogens is 346 g/mol. The van der Waals surface area contributed by atoms with Crippen molar-refractivity contribution >= 4 is 5.69 Å². The molecule has 3 heteroatoms. The van der Waals surface area contributed by atoms with Crippen LogP contribution in [0.4, 0.5) is 5.69 Å². The number of phenols is 2. The van der Waals surface area contributed by atoms with Gasteiger partial charge in [0.2, 0.25) is 0 Å². The summed E-state index contributed by atoms with van der Waals surface area (Å²) >= 11 is 0. The van der Waals surface area contributed by atoms with Crippen molar-refractivity contribution in [2.45, 2.75) is 57.4 Å². The lowest BCUT2D eigenvalue weighted by Crippen LogP contribution is -2.49. The number of benzene rings is 2. The topological polar surface area (TPSA) is 43.7 Å². The van der Waals surface area contributed by atoms with Gasteiger partial charge in [0, 0.05) is 24.8 Å². The Bertz CT molecular complexity index is 894. The molecule has 0 unspecified atom stereocenters. The molecule has 0 aromatic heterocycles. The predicted molar refractivity (Wildman–Crippen MR) is 113 cm³/mol. The zero-order chi connectivity index (χ0) is 19.5. The molecule has 2 fully saturated rings. The van der Waals surface area contributed by atoms with Crippen LogP contribution in [0.25, 0.3) is 0 Å². The van der Waals surface area contributed by atoms with Gasteiger partial charge < -0.3 is 15.1 Å². The number of rotatable bonds is 2. The summed E-state index contributed by atoms with van der Waals surface area (Å²) < 4.78 is 0. The second kappa shape index (κ2) is 6.43. The Balaban J connectivity index is 1.43. The number of nitrogens with zero attached hydrogens (tertiary/aromatic N) is 1. The third-order valence-corrected chi connectivity index (χ3v) is 8.36. The first-order chi connectivity index (χ1) is 13.5. The third-order valence-electron chi connectivity index (χ3n) is 8.36. The van der Waals surface area contributed by atoms with Crippen molar-refractivity contribution < 1.29 is 10.2 Å². The number of fused-ring (bicyclic) bond motifs is 5. The normalized spacial score (nSPS) is 33.6. The molecule has 0 aliphatic heterocycles. The quantitative estimate of drug-likeness (QED) is 0.730.